The van der Waals surface area contributed by atoms with Crippen LogP contribution in [0.2, 0.25) is 0 Å². The van der Waals surface area contributed by atoms with E-state index in [1.54, 1.807) is 0 Å². The Kier molecular flexibility index (Phi) is 11.3. The molecule has 0 amide bonds. The molecule has 3 rings (SSSR count). The van der Waals surface area contributed by atoms with Gasteiger partial charge >= 0.3 is 0 Å². The van der Waals surface area contributed by atoms with E-state index in [0.717, 1.165) is 38.6 Å². The third-order valence-corrected chi connectivity index (χ3v) is 5.63. The fraction of sp³-hybridized carbons (Fsp3) is 0.682. The van der Waals surface area contributed by atoms with Crippen molar-refractivity contribution in [2.45, 2.75) is 45.9 Å². The monoisotopic (exact) mass is 515 g/mol. The maximum Gasteiger partial charge on any atom is 0.191 e. The van der Waals surface area contributed by atoms with Gasteiger partial charge in [-0.15, -0.1) is 24.0 Å². The Bertz CT molecular complexity index is 596. The van der Waals surface area contributed by atoms with Crippen molar-refractivity contribution in [1.29, 1.82) is 0 Å². The summed E-state index contributed by atoms with van der Waals surface area (Å²) >= 11 is 0. The third-order valence-electron chi connectivity index (χ3n) is 5.63. The van der Waals surface area contributed by atoms with Crippen molar-refractivity contribution in [3.05, 3.63) is 35.4 Å². The molecule has 29 heavy (non-hydrogen) atoms. The number of nitrogens with zero attached hydrogens (tertiary/aromatic N) is 3. The average molecular weight is 515 g/mol. The molecule has 2 N–H and O–H groups in total. The molecule has 2 aliphatic heterocycles. The molecule has 2 heterocycles. The molecule has 2 saturated heterocycles. The lowest BCUT2D eigenvalue weighted by molar-refractivity contribution is 0.114. The van der Waals surface area contributed by atoms with E-state index in [4.69, 9.17) is 9.73 Å². The van der Waals surface area contributed by atoms with E-state index in [0.29, 0.717) is 12.6 Å². The van der Waals surface area contributed by atoms with Gasteiger partial charge in [0.15, 0.2) is 5.96 Å². The van der Waals surface area contributed by atoms with Crippen LogP contribution < -0.4 is 10.6 Å². The minimum atomic E-state index is 0. The van der Waals surface area contributed by atoms with Gasteiger partial charge in [0.2, 0.25) is 0 Å². The van der Waals surface area contributed by atoms with Gasteiger partial charge < -0.3 is 20.3 Å². The Labute approximate surface area is 193 Å². The standard InChI is InChI=1S/C22H37N5O.HI/c1-3-23-22(25-17-21-6-5-15-28-21)24-16-19-7-9-20(10-8-19)18-27-13-11-26(4-2)12-14-27;/h7-10,21H,3-6,11-18H2,1-2H3,(H2,23,24,25);1H. The van der Waals surface area contributed by atoms with Crippen LogP contribution in [-0.2, 0) is 17.8 Å². The number of ether oxygens (including phenoxy) is 1. The summed E-state index contributed by atoms with van der Waals surface area (Å²) in [5, 5.41) is 6.73. The highest BCUT2D eigenvalue weighted by atomic mass is 127. The Morgan fingerprint density at radius 2 is 1.72 bits per heavy atom. The molecular formula is C22H38IN5O. The maximum atomic E-state index is 5.68. The SMILES string of the molecule is CCNC(=NCc1ccc(CN2CCN(CC)CC2)cc1)NCC1CCCO1.I. The highest BCUT2D eigenvalue weighted by Crippen LogP contribution is 2.12. The number of hydrogen-bond donors (Lipinski definition) is 2. The highest BCUT2D eigenvalue weighted by molar-refractivity contribution is 14.0. The average Bonchev–Trinajstić information content (AvgIpc) is 3.25. The van der Waals surface area contributed by atoms with E-state index < -0.39 is 0 Å². The van der Waals surface area contributed by atoms with Crippen molar-refractivity contribution in [2.75, 3.05) is 52.4 Å². The van der Waals surface area contributed by atoms with Crippen LogP contribution in [0.3, 0.4) is 0 Å². The molecule has 0 bridgehead atoms. The minimum Gasteiger partial charge on any atom is -0.376 e. The molecule has 0 saturated carbocycles. The normalized spacial score (nSPS) is 21.0. The number of benzene rings is 1. The van der Waals surface area contributed by atoms with Gasteiger partial charge in [0.25, 0.3) is 0 Å². The summed E-state index contributed by atoms with van der Waals surface area (Å²) in [4.78, 5) is 9.80. The molecule has 1 aromatic rings. The van der Waals surface area contributed by atoms with Gasteiger partial charge in [-0.2, -0.15) is 0 Å². The molecule has 7 heteroatoms. The molecular weight excluding hydrogens is 477 g/mol. The van der Waals surface area contributed by atoms with E-state index in [1.807, 2.05) is 0 Å². The van der Waals surface area contributed by atoms with Crippen LogP contribution in [0, 0.1) is 0 Å². The second-order valence-electron chi connectivity index (χ2n) is 7.74. The van der Waals surface area contributed by atoms with Crippen LogP contribution in [0.1, 0.15) is 37.8 Å². The van der Waals surface area contributed by atoms with Crippen LogP contribution in [0.4, 0.5) is 0 Å². The van der Waals surface area contributed by atoms with Crippen LogP contribution >= 0.6 is 24.0 Å². The second kappa shape index (κ2) is 13.4. The van der Waals surface area contributed by atoms with Gasteiger partial charge in [0, 0.05) is 52.4 Å². The number of aliphatic imine (C=N–C) groups is 1. The fourth-order valence-electron chi connectivity index (χ4n) is 3.80. The number of nitrogens with one attached hydrogen (secondary N) is 2. The summed E-state index contributed by atoms with van der Waals surface area (Å²) in [5.41, 5.74) is 2.63. The Morgan fingerprint density at radius 3 is 2.34 bits per heavy atom. The van der Waals surface area contributed by atoms with Gasteiger partial charge in [-0.25, -0.2) is 4.99 Å². The van der Waals surface area contributed by atoms with E-state index >= 15 is 0 Å². The first-order chi connectivity index (χ1) is 13.8. The summed E-state index contributed by atoms with van der Waals surface area (Å²) in [5.74, 6) is 0.871. The van der Waals surface area contributed by atoms with Gasteiger partial charge in [0.05, 0.1) is 12.6 Å². The van der Waals surface area contributed by atoms with Crippen LogP contribution in [0.5, 0.6) is 0 Å². The number of hydrogen-bond acceptors (Lipinski definition) is 4. The highest BCUT2D eigenvalue weighted by Gasteiger charge is 2.16. The van der Waals surface area contributed by atoms with Gasteiger partial charge in [-0.1, -0.05) is 31.2 Å². The number of guanidine groups is 1. The summed E-state index contributed by atoms with van der Waals surface area (Å²) in [6.45, 7) is 14.5. The number of rotatable bonds is 8. The van der Waals surface area contributed by atoms with E-state index in [-0.39, 0.29) is 24.0 Å². The maximum absolute atomic E-state index is 5.68. The van der Waals surface area contributed by atoms with Crippen molar-refractivity contribution < 1.29 is 4.74 Å². The van der Waals surface area contributed by atoms with E-state index in [2.05, 4.69) is 58.5 Å². The largest absolute Gasteiger partial charge is 0.376 e. The lowest BCUT2D eigenvalue weighted by Crippen LogP contribution is -2.45. The van der Waals surface area contributed by atoms with Gasteiger partial charge in [-0.3, -0.25) is 4.90 Å². The first kappa shape index (κ1) is 24.4. The zero-order valence-corrected chi connectivity index (χ0v) is 20.4. The predicted molar refractivity (Wildman–Crippen MR) is 131 cm³/mol. The molecule has 0 aromatic heterocycles. The lowest BCUT2D eigenvalue weighted by Gasteiger charge is -2.34. The summed E-state index contributed by atoms with van der Waals surface area (Å²) in [6.07, 6.45) is 2.63. The smallest absolute Gasteiger partial charge is 0.191 e. The molecule has 1 unspecified atom stereocenters. The van der Waals surface area contributed by atoms with E-state index in [1.165, 1.54) is 50.3 Å². The summed E-state index contributed by atoms with van der Waals surface area (Å²) in [6, 6.07) is 8.93. The molecule has 0 radical (unpaired) electrons. The fourth-order valence-corrected chi connectivity index (χ4v) is 3.80. The zero-order chi connectivity index (χ0) is 19.6. The summed E-state index contributed by atoms with van der Waals surface area (Å²) < 4.78 is 5.68. The Morgan fingerprint density at radius 1 is 1.03 bits per heavy atom. The predicted octanol–water partition coefficient (Wildman–Crippen LogP) is 2.68. The van der Waals surface area contributed by atoms with E-state index in [9.17, 15) is 0 Å². The number of piperazine rings is 1. The van der Waals surface area contributed by atoms with Crippen LogP contribution in [0.15, 0.2) is 29.3 Å². The molecule has 2 aliphatic rings. The molecule has 1 atom stereocenters. The quantitative estimate of drug-likeness (QED) is 0.317. The van der Waals surface area contributed by atoms with Crippen molar-refractivity contribution in [3.8, 4) is 0 Å². The Balaban J connectivity index is 0.00000300. The molecule has 1 aromatic carbocycles. The zero-order valence-electron chi connectivity index (χ0n) is 18.0. The van der Waals surface area contributed by atoms with Crippen molar-refractivity contribution in [2.24, 2.45) is 4.99 Å². The minimum absolute atomic E-state index is 0. The van der Waals surface area contributed by atoms with Crippen LogP contribution in [-0.4, -0.2) is 74.3 Å². The Hall–Kier alpha value is -0.900. The van der Waals surface area contributed by atoms with Crippen molar-refractivity contribution in [3.63, 3.8) is 0 Å². The first-order valence-electron chi connectivity index (χ1n) is 10.9. The first-order valence-corrected chi connectivity index (χ1v) is 10.9. The van der Waals surface area contributed by atoms with Crippen LogP contribution in [0.25, 0.3) is 0 Å². The topological polar surface area (TPSA) is 52.1 Å². The van der Waals surface area contributed by atoms with Gasteiger partial charge in [-0.05, 0) is 37.4 Å². The van der Waals surface area contributed by atoms with Crippen molar-refractivity contribution in [1.82, 2.24) is 20.4 Å². The molecule has 0 spiro atoms. The summed E-state index contributed by atoms with van der Waals surface area (Å²) in [7, 11) is 0. The molecule has 2 fully saturated rings. The number of halogens is 1. The molecule has 6 nitrogen and oxygen atoms in total. The van der Waals surface area contributed by atoms with Gasteiger partial charge in [0.1, 0.15) is 0 Å². The molecule has 0 aliphatic carbocycles. The van der Waals surface area contributed by atoms with Crippen molar-refractivity contribution >= 4 is 29.9 Å². The number of likely N-dealkylation sites (N-methyl/N-ethyl adjacent to an activating group) is 1. The lowest BCUT2D eigenvalue weighted by atomic mass is 10.1. The molecule has 164 valence electrons. The second-order valence-corrected chi connectivity index (χ2v) is 7.74. The third kappa shape index (κ3) is 8.39.